The summed E-state index contributed by atoms with van der Waals surface area (Å²) in [5.41, 5.74) is 11.3. The second-order valence-corrected chi connectivity index (χ2v) is 4.53. The van der Waals surface area contributed by atoms with Gasteiger partial charge in [0.15, 0.2) is 0 Å². The summed E-state index contributed by atoms with van der Waals surface area (Å²) in [4.78, 5) is 11.3. The van der Waals surface area contributed by atoms with Crippen molar-refractivity contribution >= 4 is 22.5 Å². The van der Waals surface area contributed by atoms with Crippen molar-refractivity contribution in [1.29, 1.82) is 0 Å². The van der Waals surface area contributed by atoms with Gasteiger partial charge in [0.1, 0.15) is 17.2 Å². The van der Waals surface area contributed by atoms with E-state index in [1.807, 2.05) is 0 Å². The standard InChI is InChI=1S/C14H10F2N4O/c15-8-3-7-6-20(9-1-2-12(17)11(16)5-9)19-13(7)10(4-8)14(18)21/h1-6H,17H2,(H2,18,21). The van der Waals surface area contributed by atoms with Gasteiger partial charge in [-0.3, -0.25) is 4.79 Å². The number of fused-ring (bicyclic) bond motifs is 1. The first kappa shape index (κ1) is 13.0. The summed E-state index contributed by atoms with van der Waals surface area (Å²) in [6.07, 6.45) is 1.48. The third kappa shape index (κ3) is 2.18. The minimum atomic E-state index is -0.784. The van der Waals surface area contributed by atoms with E-state index >= 15 is 0 Å². The van der Waals surface area contributed by atoms with Crippen molar-refractivity contribution < 1.29 is 13.6 Å². The van der Waals surface area contributed by atoms with Crippen molar-refractivity contribution in [3.05, 3.63) is 53.7 Å². The Balaban J connectivity index is 2.23. The molecule has 0 radical (unpaired) electrons. The number of nitrogen functional groups attached to an aromatic ring is 1. The van der Waals surface area contributed by atoms with Gasteiger partial charge in [-0.05, 0) is 24.3 Å². The zero-order chi connectivity index (χ0) is 15.1. The van der Waals surface area contributed by atoms with Gasteiger partial charge >= 0.3 is 0 Å². The number of anilines is 1. The number of nitrogens with two attached hydrogens (primary N) is 2. The van der Waals surface area contributed by atoms with Crippen molar-refractivity contribution in [2.24, 2.45) is 5.73 Å². The molecule has 2 aromatic carbocycles. The van der Waals surface area contributed by atoms with Crippen molar-refractivity contribution in [2.75, 3.05) is 5.73 Å². The van der Waals surface area contributed by atoms with E-state index in [-0.39, 0.29) is 16.8 Å². The number of halogens is 2. The molecule has 0 unspecified atom stereocenters. The topological polar surface area (TPSA) is 86.9 Å². The zero-order valence-electron chi connectivity index (χ0n) is 10.7. The largest absolute Gasteiger partial charge is 0.396 e. The summed E-state index contributed by atoms with van der Waals surface area (Å²) in [5.74, 6) is -1.97. The Bertz CT molecular complexity index is 873. The molecule has 0 atom stereocenters. The van der Waals surface area contributed by atoms with E-state index in [4.69, 9.17) is 11.5 Å². The summed E-state index contributed by atoms with van der Waals surface area (Å²) >= 11 is 0. The summed E-state index contributed by atoms with van der Waals surface area (Å²) in [7, 11) is 0. The second kappa shape index (κ2) is 4.55. The van der Waals surface area contributed by atoms with E-state index in [9.17, 15) is 13.6 Å². The quantitative estimate of drug-likeness (QED) is 0.707. The van der Waals surface area contributed by atoms with Crippen molar-refractivity contribution in [2.45, 2.75) is 0 Å². The minimum Gasteiger partial charge on any atom is -0.396 e. The highest BCUT2D eigenvalue weighted by Crippen LogP contribution is 2.22. The lowest BCUT2D eigenvalue weighted by Gasteiger charge is -2.02. The summed E-state index contributed by atoms with van der Waals surface area (Å²) < 4.78 is 28.3. The van der Waals surface area contributed by atoms with Crippen LogP contribution in [0.4, 0.5) is 14.5 Å². The van der Waals surface area contributed by atoms with Crippen LogP contribution in [0.25, 0.3) is 16.6 Å². The summed E-state index contributed by atoms with van der Waals surface area (Å²) in [5, 5.41) is 4.55. The number of aromatic nitrogens is 2. The fraction of sp³-hybridized carbons (Fsp3) is 0. The Morgan fingerprint density at radius 3 is 2.62 bits per heavy atom. The van der Waals surface area contributed by atoms with Gasteiger partial charge in [0.05, 0.1) is 16.9 Å². The molecule has 0 fully saturated rings. The second-order valence-electron chi connectivity index (χ2n) is 4.53. The molecule has 106 valence electrons. The molecule has 0 spiro atoms. The van der Waals surface area contributed by atoms with Gasteiger partial charge in [-0.1, -0.05) is 0 Å². The predicted octanol–water partition coefficient (Wildman–Crippen LogP) is 1.98. The van der Waals surface area contributed by atoms with Crippen molar-refractivity contribution in [3.63, 3.8) is 0 Å². The molecule has 0 aliphatic heterocycles. The average molecular weight is 288 g/mol. The van der Waals surface area contributed by atoms with Gasteiger partial charge in [0.25, 0.3) is 5.91 Å². The van der Waals surface area contributed by atoms with Crippen molar-refractivity contribution in [1.82, 2.24) is 9.78 Å². The zero-order valence-corrected chi connectivity index (χ0v) is 10.7. The molecule has 0 saturated carbocycles. The maximum Gasteiger partial charge on any atom is 0.251 e. The van der Waals surface area contributed by atoms with E-state index in [0.29, 0.717) is 11.1 Å². The molecular weight excluding hydrogens is 278 g/mol. The third-order valence-electron chi connectivity index (χ3n) is 3.09. The molecule has 1 aromatic heterocycles. The molecule has 5 nitrogen and oxygen atoms in total. The third-order valence-corrected chi connectivity index (χ3v) is 3.09. The molecule has 0 aliphatic carbocycles. The highest BCUT2D eigenvalue weighted by atomic mass is 19.1. The Hall–Kier alpha value is -2.96. The van der Waals surface area contributed by atoms with Gasteiger partial charge in [-0.15, -0.1) is 0 Å². The van der Waals surface area contributed by atoms with Gasteiger partial charge < -0.3 is 11.5 Å². The SMILES string of the molecule is NC(=O)c1cc(F)cc2cn(-c3ccc(N)c(F)c3)nc12. The minimum absolute atomic E-state index is 0.0133. The fourth-order valence-corrected chi connectivity index (χ4v) is 2.08. The molecule has 0 saturated heterocycles. The lowest BCUT2D eigenvalue weighted by atomic mass is 10.1. The molecule has 1 heterocycles. The summed E-state index contributed by atoms with van der Waals surface area (Å²) in [6, 6.07) is 6.39. The smallest absolute Gasteiger partial charge is 0.251 e. The Morgan fingerprint density at radius 2 is 1.95 bits per heavy atom. The monoisotopic (exact) mass is 288 g/mol. The first-order valence-corrected chi connectivity index (χ1v) is 6.00. The highest BCUT2D eigenvalue weighted by Gasteiger charge is 2.14. The van der Waals surface area contributed by atoms with Crippen LogP contribution in [0.3, 0.4) is 0 Å². The number of hydrogen-bond acceptors (Lipinski definition) is 3. The summed E-state index contributed by atoms with van der Waals surface area (Å²) in [6.45, 7) is 0. The fourth-order valence-electron chi connectivity index (χ4n) is 2.08. The number of benzene rings is 2. The van der Waals surface area contributed by atoms with E-state index in [0.717, 1.165) is 6.07 Å². The van der Waals surface area contributed by atoms with E-state index in [2.05, 4.69) is 5.10 Å². The van der Waals surface area contributed by atoms with Crippen LogP contribution in [0.1, 0.15) is 10.4 Å². The average Bonchev–Trinajstić information content (AvgIpc) is 2.84. The molecule has 3 rings (SSSR count). The van der Waals surface area contributed by atoms with Crippen LogP contribution in [0, 0.1) is 11.6 Å². The van der Waals surface area contributed by atoms with Crippen molar-refractivity contribution in [3.8, 4) is 5.69 Å². The molecule has 7 heteroatoms. The molecule has 0 bridgehead atoms. The van der Waals surface area contributed by atoms with Crippen LogP contribution in [-0.4, -0.2) is 15.7 Å². The highest BCUT2D eigenvalue weighted by molar-refractivity contribution is 6.04. The first-order chi connectivity index (χ1) is 9.95. The maximum absolute atomic E-state index is 13.5. The molecule has 0 aliphatic rings. The number of hydrogen-bond donors (Lipinski definition) is 2. The van der Waals surface area contributed by atoms with Crippen LogP contribution in [-0.2, 0) is 0 Å². The lowest BCUT2D eigenvalue weighted by molar-refractivity contribution is 0.100. The van der Waals surface area contributed by atoms with Crippen LogP contribution in [0.2, 0.25) is 0 Å². The number of nitrogens with zero attached hydrogens (tertiary/aromatic N) is 2. The number of carbonyl (C=O) groups excluding carboxylic acids is 1. The predicted molar refractivity (Wildman–Crippen MR) is 73.9 cm³/mol. The van der Waals surface area contributed by atoms with Crippen LogP contribution >= 0.6 is 0 Å². The molecule has 3 aromatic rings. The van der Waals surface area contributed by atoms with E-state index in [1.54, 1.807) is 6.07 Å². The first-order valence-electron chi connectivity index (χ1n) is 6.00. The van der Waals surface area contributed by atoms with Gasteiger partial charge in [0, 0.05) is 17.6 Å². The number of rotatable bonds is 2. The number of carbonyl (C=O) groups is 1. The van der Waals surface area contributed by atoms with Crippen LogP contribution in [0.15, 0.2) is 36.5 Å². The Labute approximate surface area is 117 Å². The lowest BCUT2D eigenvalue weighted by Crippen LogP contribution is -2.12. The van der Waals surface area contributed by atoms with Crippen LogP contribution < -0.4 is 11.5 Å². The molecule has 1 amide bonds. The van der Waals surface area contributed by atoms with Gasteiger partial charge in [0.2, 0.25) is 0 Å². The molecule has 21 heavy (non-hydrogen) atoms. The molecule has 4 N–H and O–H groups in total. The van der Waals surface area contributed by atoms with Crippen LogP contribution in [0.5, 0.6) is 0 Å². The van der Waals surface area contributed by atoms with E-state index < -0.39 is 17.5 Å². The van der Waals surface area contributed by atoms with E-state index in [1.165, 1.54) is 29.1 Å². The number of primary amides is 1. The Kier molecular flexibility index (Phi) is 2.83. The van der Waals surface area contributed by atoms with Gasteiger partial charge in [-0.25, -0.2) is 13.5 Å². The maximum atomic E-state index is 13.5. The van der Waals surface area contributed by atoms with Gasteiger partial charge in [-0.2, -0.15) is 5.10 Å². The Morgan fingerprint density at radius 1 is 1.19 bits per heavy atom. The normalized spacial score (nSPS) is 11.0. The number of amides is 1. The molecular formula is C14H10F2N4O.